The highest BCUT2D eigenvalue weighted by molar-refractivity contribution is 5.95. The number of hydrogen-bond acceptors (Lipinski definition) is 7. The molecule has 0 heterocycles. The van der Waals surface area contributed by atoms with Crippen LogP contribution in [0, 0.1) is 11.3 Å². The van der Waals surface area contributed by atoms with Crippen molar-refractivity contribution in [3.05, 3.63) is 48.0 Å². The van der Waals surface area contributed by atoms with Crippen LogP contribution in [0.5, 0.6) is 17.2 Å². The number of amides is 1. The quantitative estimate of drug-likeness (QED) is 0.697. The maximum atomic E-state index is 12.3. The molecule has 1 N–H and O–H groups in total. The van der Waals surface area contributed by atoms with Crippen molar-refractivity contribution in [2.75, 3.05) is 26.1 Å². The predicted molar refractivity (Wildman–Crippen MR) is 100 cm³/mol. The minimum atomic E-state index is -1.03. The van der Waals surface area contributed by atoms with Crippen molar-refractivity contribution in [3.63, 3.8) is 0 Å². The van der Waals surface area contributed by atoms with Crippen molar-refractivity contribution in [1.82, 2.24) is 0 Å². The summed E-state index contributed by atoms with van der Waals surface area (Å²) in [5.74, 6) is 0.221. The molecule has 8 nitrogen and oxygen atoms in total. The van der Waals surface area contributed by atoms with Gasteiger partial charge in [-0.25, -0.2) is 4.79 Å². The van der Waals surface area contributed by atoms with Crippen molar-refractivity contribution < 1.29 is 28.5 Å². The van der Waals surface area contributed by atoms with Gasteiger partial charge in [0, 0.05) is 23.9 Å². The van der Waals surface area contributed by atoms with Crippen LogP contribution in [0.25, 0.3) is 0 Å². The van der Waals surface area contributed by atoms with Crippen LogP contribution in [0.4, 0.5) is 5.69 Å². The zero-order chi connectivity index (χ0) is 20.5. The van der Waals surface area contributed by atoms with Crippen molar-refractivity contribution in [2.45, 2.75) is 13.0 Å². The Morgan fingerprint density at radius 3 is 2.18 bits per heavy atom. The van der Waals surface area contributed by atoms with E-state index in [0.29, 0.717) is 28.5 Å². The van der Waals surface area contributed by atoms with Crippen molar-refractivity contribution in [2.24, 2.45) is 0 Å². The van der Waals surface area contributed by atoms with Gasteiger partial charge in [-0.2, -0.15) is 5.26 Å². The van der Waals surface area contributed by atoms with E-state index in [1.807, 2.05) is 6.07 Å². The second-order valence-electron chi connectivity index (χ2n) is 5.65. The Bertz CT molecular complexity index is 851. The molecule has 0 aliphatic carbocycles. The van der Waals surface area contributed by atoms with Gasteiger partial charge in [0.05, 0.1) is 25.9 Å². The Morgan fingerprint density at radius 1 is 1.04 bits per heavy atom. The van der Waals surface area contributed by atoms with Crippen LogP contribution in [-0.2, 0) is 14.3 Å². The van der Waals surface area contributed by atoms with Crippen LogP contribution < -0.4 is 19.5 Å². The van der Waals surface area contributed by atoms with Gasteiger partial charge in [-0.3, -0.25) is 4.79 Å². The van der Waals surface area contributed by atoms with E-state index in [0.717, 1.165) is 0 Å². The van der Waals surface area contributed by atoms with Crippen LogP contribution >= 0.6 is 0 Å². The van der Waals surface area contributed by atoms with Gasteiger partial charge in [0.1, 0.15) is 17.2 Å². The summed E-state index contributed by atoms with van der Waals surface area (Å²) in [6, 6.07) is 13.2. The molecule has 146 valence electrons. The minimum absolute atomic E-state index is 0.365. The lowest BCUT2D eigenvalue weighted by molar-refractivity contribution is -0.155. The Morgan fingerprint density at radius 2 is 1.64 bits per heavy atom. The number of rotatable bonds is 8. The van der Waals surface area contributed by atoms with E-state index in [1.165, 1.54) is 21.1 Å². The summed E-state index contributed by atoms with van der Waals surface area (Å²) in [4.78, 5) is 24.1. The smallest absolute Gasteiger partial charge is 0.344 e. The summed E-state index contributed by atoms with van der Waals surface area (Å²) in [5, 5.41) is 11.4. The van der Waals surface area contributed by atoms with Gasteiger partial charge >= 0.3 is 5.97 Å². The molecule has 0 spiro atoms. The SMILES string of the molecule is COc1cc(NC(=O)C(C)OC(=O)COc2ccc(C#N)cc2)cc(OC)c1. The third-order valence-electron chi connectivity index (χ3n) is 3.64. The Labute approximate surface area is 162 Å². The molecule has 2 aromatic carbocycles. The van der Waals surface area contributed by atoms with Gasteiger partial charge in [0.25, 0.3) is 5.91 Å². The molecule has 1 amide bonds. The molecule has 1 unspecified atom stereocenters. The fourth-order valence-electron chi connectivity index (χ4n) is 2.18. The summed E-state index contributed by atoms with van der Waals surface area (Å²) < 4.78 is 20.6. The molecule has 28 heavy (non-hydrogen) atoms. The molecule has 0 saturated heterocycles. The molecular formula is C20H20N2O6. The molecule has 0 aromatic heterocycles. The number of carbonyl (C=O) groups is 2. The van der Waals surface area contributed by atoms with Crippen LogP contribution in [0.2, 0.25) is 0 Å². The maximum absolute atomic E-state index is 12.3. The topological polar surface area (TPSA) is 107 Å². The Balaban J connectivity index is 1.87. The number of methoxy groups -OCH3 is 2. The van der Waals surface area contributed by atoms with E-state index in [9.17, 15) is 9.59 Å². The molecule has 0 aliphatic rings. The second-order valence-corrected chi connectivity index (χ2v) is 5.65. The number of hydrogen-bond donors (Lipinski definition) is 1. The van der Waals surface area contributed by atoms with E-state index in [2.05, 4.69) is 5.32 Å². The van der Waals surface area contributed by atoms with Gasteiger partial charge in [-0.05, 0) is 31.2 Å². The first-order valence-corrected chi connectivity index (χ1v) is 8.31. The number of nitrogens with one attached hydrogen (secondary N) is 1. The van der Waals surface area contributed by atoms with E-state index < -0.39 is 18.0 Å². The number of benzene rings is 2. The van der Waals surface area contributed by atoms with Crippen LogP contribution in [-0.4, -0.2) is 38.8 Å². The monoisotopic (exact) mass is 384 g/mol. The number of anilines is 1. The molecule has 2 rings (SSSR count). The van der Waals surface area contributed by atoms with Crippen molar-refractivity contribution in [3.8, 4) is 23.3 Å². The lowest BCUT2D eigenvalue weighted by Gasteiger charge is -2.15. The van der Waals surface area contributed by atoms with Crippen LogP contribution in [0.1, 0.15) is 12.5 Å². The normalized spacial score (nSPS) is 10.9. The molecule has 0 fully saturated rings. The zero-order valence-corrected chi connectivity index (χ0v) is 15.7. The third kappa shape index (κ3) is 5.92. The number of carbonyl (C=O) groups excluding carboxylic acids is 2. The predicted octanol–water partition coefficient (Wildman–Crippen LogP) is 2.52. The van der Waals surface area contributed by atoms with Gasteiger partial charge < -0.3 is 24.3 Å². The molecule has 0 saturated carbocycles. The minimum Gasteiger partial charge on any atom is -0.497 e. The molecular weight excluding hydrogens is 364 g/mol. The number of nitrogens with zero attached hydrogens (tertiary/aromatic N) is 1. The highest BCUT2D eigenvalue weighted by Crippen LogP contribution is 2.25. The summed E-state index contributed by atoms with van der Waals surface area (Å²) in [6.07, 6.45) is -1.03. The number of esters is 1. The Kier molecular flexibility index (Phi) is 7.22. The largest absolute Gasteiger partial charge is 0.497 e. The van der Waals surface area contributed by atoms with Gasteiger partial charge in [-0.15, -0.1) is 0 Å². The molecule has 8 heteroatoms. The summed E-state index contributed by atoms with van der Waals surface area (Å²) in [7, 11) is 3.00. The van der Waals surface area contributed by atoms with Gasteiger partial charge in [-0.1, -0.05) is 0 Å². The lowest BCUT2D eigenvalue weighted by Crippen LogP contribution is -2.31. The van der Waals surface area contributed by atoms with Crippen LogP contribution in [0.15, 0.2) is 42.5 Å². The van der Waals surface area contributed by atoms with Crippen LogP contribution in [0.3, 0.4) is 0 Å². The van der Waals surface area contributed by atoms with E-state index in [4.69, 9.17) is 24.2 Å². The van der Waals surface area contributed by atoms with Crippen molar-refractivity contribution in [1.29, 1.82) is 5.26 Å². The number of nitriles is 1. The average molecular weight is 384 g/mol. The van der Waals surface area contributed by atoms with E-state index in [1.54, 1.807) is 42.5 Å². The van der Waals surface area contributed by atoms with Crippen molar-refractivity contribution >= 4 is 17.6 Å². The fraction of sp³-hybridized carbons (Fsp3) is 0.250. The fourth-order valence-corrected chi connectivity index (χ4v) is 2.18. The summed E-state index contributed by atoms with van der Waals surface area (Å²) in [5.41, 5.74) is 0.923. The molecule has 2 aromatic rings. The second kappa shape index (κ2) is 9.83. The zero-order valence-electron chi connectivity index (χ0n) is 15.7. The maximum Gasteiger partial charge on any atom is 0.344 e. The molecule has 0 radical (unpaired) electrons. The molecule has 0 bridgehead atoms. The Hall–Kier alpha value is -3.73. The number of ether oxygens (including phenoxy) is 4. The molecule has 1 atom stereocenters. The first-order valence-electron chi connectivity index (χ1n) is 8.31. The van der Waals surface area contributed by atoms with Gasteiger partial charge in [0.2, 0.25) is 0 Å². The highest BCUT2D eigenvalue weighted by Gasteiger charge is 2.19. The van der Waals surface area contributed by atoms with E-state index in [-0.39, 0.29) is 6.61 Å². The summed E-state index contributed by atoms with van der Waals surface area (Å²) in [6.45, 7) is 1.09. The third-order valence-corrected chi connectivity index (χ3v) is 3.64. The van der Waals surface area contributed by atoms with Gasteiger partial charge in [0.15, 0.2) is 12.7 Å². The van der Waals surface area contributed by atoms with E-state index >= 15 is 0 Å². The lowest BCUT2D eigenvalue weighted by atomic mass is 10.2. The molecule has 0 aliphatic heterocycles. The summed E-state index contributed by atoms with van der Waals surface area (Å²) >= 11 is 0. The average Bonchev–Trinajstić information content (AvgIpc) is 2.72. The highest BCUT2D eigenvalue weighted by atomic mass is 16.6. The standard InChI is InChI=1S/C20H20N2O6/c1-13(20(24)22-15-8-17(25-2)10-18(9-15)26-3)28-19(23)12-27-16-6-4-14(11-21)5-7-16/h4-10,13H,12H2,1-3H3,(H,22,24). The first kappa shape index (κ1) is 20.6. The first-order chi connectivity index (χ1) is 13.4.